The lowest BCUT2D eigenvalue weighted by Gasteiger charge is -2.25. The normalized spacial score (nSPS) is 18.1. The molecule has 1 saturated heterocycles. The number of carbonyl (C=O) groups is 1. The smallest absolute Gasteiger partial charge is 0.337 e. The molecule has 1 fully saturated rings. The minimum Gasteiger partial charge on any atom is -0.465 e. The SMILES string of the molecule is COC(=O)c1cccc(CN2CCCC2c2cccc(F)c2)c1. The van der Waals surface area contributed by atoms with Crippen LogP contribution in [-0.2, 0) is 11.3 Å². The number of halogens is 1. The molecule has 0 radical (unpaired) electrons. The number of ether oxygens (including phenoxy) is 1. The summed E-state index contributed by atoms with van der Waals surface area (Å²) in [6.45, 7) is 1.72. The summed E-state index contributed by atoms with van der Waals surface area (Å²) in [6.07, 6.45) is 2.12. The van der Waals surface area contributed by atoms with Gasteiger partial charge in [0.2, 0.25) is 0 Å². The van der Waals surface area contributed by atoms with Crippen LogP contribution in [0.5, 0.6) is 0 Å². The topological polar surface area (TPSA) is 29.5 Å². The number of methoxy groups -OCH3 is 1. The van der Waals surface area contributed by atoms with E-state index in [1.54, 1.807) is 18.2 Å². The highest BCUT2D eigenvalue weighted by molar-refractivity contribution is 5.89. The lowest BCUT2D eigenvalue weighted by molar-refractivity contribution is 0.0600. The second-order valence-corrected chi connectivity index (χ2v) is 5.88. The van der Waals surface area contributed by atoms with E-state index in [4.69, 9.17) is 4.74 Å². The molecule has 0 bridgehead atoms. The van der Waals surface area contributed by atoms with Gasteiger partial charge in [0.1, 0.15) is 5.82 Å². The van der Waals surface area contributed by atoms with Gasteiger partial charge in [-0.15, -0.1) is 0 Å². The highest BCUT2D eigenvalue weighted by atomic mass is 19.1. The Bertz CT molecular complexity index is 701. The van der Waals surface area contributed by atoms with Gasteiger partial charge in [-0.25, -0.2) is 9.18 Å². The highest BCUT2D eigenvalue weighted by Gasteiger charge is 2.26. The Morgan fingerprint density at radius 2 is 2.09 bits per heavy atom. The van der Waals surface area contributed by atoms with Gasteiger partial charge in [0.05, 0.1) is 12.7 Å². The number of esters is 1. The first-order valence-corrected chi connectivity index (χ1v) is 7.84. The standard InChI is InChI=1S/C19H20FNO2/c1-23-19(22)16-7-2-5-14(11-16)13-21-10-4-9-18(21)15-6-3-8-17(20)12-15/h2-3,5-8,11-12,18H,4,9-10,13H2,1H3. The summed E-state index contributed by atoms with van der Waals surface area (Å²) in [4.78, 5) is 14.0. The van der Waals surface area contributed by atoms with Crippen molar-refractivity contribution in [1.82, 2.24) is 4.90 Å². The van der Waals surface area contributed by atoms with Crippen LogP contribution in [0.3, 0.4) is 0 Å². The van der Waals surface area contributed by atoms with E-state index in [0.29, 0.717) is 5.56 Å². The van der Waals surface area contributed by atoms with Gasteiger partial charge in [-0.05, 0) is 54.8 Å². The Kier molecular flexibility index (Phi) is 4.72. The maximum absolute atomic E-state index is 13.5. The Morgan fingerprint density at radius 3 is 2.87 bits per heavy atom. The maximum Gasteiger partial charge on any atom is 0.337 e. The van der Waals surface area contributed by atoms with Crippen molar-refractivity contribution in [3.05, 3.63) is 71.0 Å². The molecule has 4 heteroatoms. The molecule has 0 N–H and O–H groups in total. The highest BCUT2D eigenvalue weighted by Crippen LogP contribution is 2.33. The number of likely N-dealkylation sites (tertiary alicyclic amines) is 1. The van der Waals surface area contributed by atoms with E-state index in [1.165, 1.54) is 13.2 Å². The summed E-state index contributed by atoms with van der Waals surface area (Å²) in [6, 6.07) is 14.6. The van der Waals surface area contributed by atoms with E-state index < -0.39 is 0 Å². The van der Waals surface area contributed by atoms with Crippen molar-refractivity contribution in [3.63, 3.8) is 0 Å². The zero-order valence-electron chi connectivity index (χ0n) is 13.2. The molecule has 0 amide bonds. The van der Waals surface area contributed by atoms with Gasteiger partial charge in [-0.1, -0.05) is 24.3 Å². The predicted octanol–water partition coefficient (Wildman–Crippen LogP) is 3.95. The Labute approximate surface area is 135 Å². The van der Waals surface area contributed by atoms with E-state index >= 15 is 0 Å². The molecule has 3 rings (SSSR count). The molecule has 0 spiro atoms. The van der Waals surface area contributed by atoms with Gasteiger partial charge >= 0.3 is 5.97 Å². The molecule has 1 atom stereocenters. The van der Waals surface area contributed by atoms with Crippen molar-refractivity contribution >= 4 is 5.97 Å². The van der Waals surface area contributed by atoms with Gasteiger partial charge in [-0.3, -0.25) is 4.90 Å². The molecular formula is C19H20FNO2. The summed E-state index contributed by atoms with van der Waals surface area (Å²) in [7, 11) is 1.38. The van der Waals surface area contributed by atoms with Crippen LogP contribution >= 0.6 is 0 Å². The number of carbonyl (C=O) groups excluding carboxylic acids is 1. The van der Waals surface area contributed by atoms with Gasteiger partial charge in [0, 0.05) is 12.6 Å². The fourth-order valence-electron chi connectivity index (χ4n) is 3.26. The van der Waals surface area contributed by atoms with Gasteiger partial charge < -0.3 is 4.74 Å². The van der Waals surface area contributed by atoms with Gasteiger partial charge in [0.25, 0.3) is 0 Å². The molecule has 1 aliphatic rings. The molecule has 0 saturated carbocycles. The van der Waals surface area contributed by atoms with Crippen LogP contribution < -0.4 is 0 Å². The number of rotatable bonds is 4. The molecule has 0 aliphatic carbocycles. The predicted molar refractivity (Wildman–Crippen MR) is 86.6 cm³/mol. The minimum atomic E-state index is -0.324. The molecule has 3 nitrogen and oxygen atoms in total. The molecular weight excluding hydrogens is 293 g/mol. The third-order valence-electron chi connectivity index (χ3n) is 4.33. The zero-order valence-corrected chi connectivity index (χ0v) is 13.2. The third kappa shape index (κ3) is 3.59. The lowest BCUT2D eigenvalue weighted by Crippen LogP contribution is -2.23. The molecule has 1 heterocycles. The number of nitrogens with zero attached hydrogens (tertiary/aromatic N) is 1. The fraction of sp³-hybridized carbons (Fsp3) is 0.316. The van der Waals surface area contributed by atoms with Crippen molar-refractivity contribution in [2.75, 3.05) is 13.7 Å². The van der Waals surface area contributed by atoms with E-state index in [1.807, 2.05) is 24.3 Å². The van der Waals surface area contributed by atoms with Crippen LogP contribution in [-0.4, -0.2) is 24.5 Å². The molecule has 1 aliphatic heterocycles. The average molecular weight is 313 g/mol. The number of hydrogen-bond acceptors (Lipinski definition) is 3. The van der Waals surface area contributed by atoms with Crippen molar-refractivity contribution < 1.29 is 13.9 Å². The largest absolute Gasteiger partial charge is 0.465 e. The van der Waals surface area contributed by atoms with E-state index in [-0.39, 0.29) is 17.8 Å². The molecule has 2 aromatic rings. The van der Waals surface area contributed by atoms with Gasteiger partial charge in [-0.2, -0.15) is 0 Å². The molecule has 23 heavy (non-hydrogen) atoms. The quantitative estimate of drug-likeness (QED) is 0.801. The van der Waals surface area contributed by atoms with E-state index in [0.717, 1.165) is 37.1 Å². The summed E-state index contributed by atoms with van der Waals surface area (Å²) >= 11 is 0. The lowest BCUT2D eigenvalue weighted by atomic mass is 10.0. The summed E-state index contributed by atoms with van der Waals surface area (Å²) in [5.74, 6) is -0.517. The van der Waals surface area contributed by atoms with Crippen molar-refractivity contribution in [1.29, 1.82) is 0 Å². The summed E-state index contributed by atoms with van der Waals surface area (Å²) in [5, 5.41) is 0. The van der Waals surface area contributed by atoms with Crippen molar-refractivity contribution in [3.8, 4) is 0 Å². The number of benzene rings is 2. The molecule has 120 valence electrons. The zero-order chi connectivity index (χ0) is 16.2. The molecule has 2 aromatic carbocycles. The van der Waals surface area contributed by atoms with Crippen LogP contribution in [0.25, 0.3) is 0 Å². The van der Waals surface area contributed by atoms with Crippen molar-refractivity contribution in [2.45, 2.75) is 25.4 Å². The molecule has 1 unspecified atom stereocenters. The second kappa shape index (κ2) is 6.92. The monoisotopic (exact) mass is 313 g/mol. The van der Waals surface area contributed by atoms with Crippen LogP contribution in [0, 0.1) is 5.82 Å². The third-order valence-corrected chi connectivity index (χ3v) is 4.33. The average Bonchev–Trinajstić information content (AvgIpc) is 3.02. The Balaban J connectivity index is 1.78. The van der Waals surface area contributed by atoms with E-state index in [2.05, 4.69) is 4.90 Å². The van der Waals surface area contributed by atoms with E-state index in [9.17, 15) is 9.18 Å². The summed E-state index contributed by atoms with van der Waals surface area (Å²) < 4.78 is 18.3. The molecule has 0 aromatic heterocycles. The Hall–Kier alpha value is -2.20. The summed E-state index contributed by atoms with van der Waals surface area (Å²) in [5.41, 5.74) is 2.65. The van der Waals surface area contributed by atoms with Crippen molar-refractivity contribution in [2.24, 2.45) is 0 Å². The Morgan fingerprint density at radius 1 is 1.26 bits per heavy atom. The maximum atomic E-state index is 13.5. The van der Waals surface area contributed by atoms with Crippen LogP contribution in [0.15, 0.2) is 48.5 Å². The first-order valence-electron chi connectivity index (χ1n) is 7.84. The van der Waals surface area contributed by atoms with Crippen LogP contribution in [0.1, 0.15) is 40.4 Å². The first-order chi connectivity index (χ1) is 11.2. The van der Waals surface area contributed by atoms with Crippen LogP contribution in [0.2, 0.25) is 0 Å². The second-order valence-electron chi connectivity index (χ2n) is 5.88. The number of hydrogen-bond donors (Lipinski definition) is 0. The minimum absolute atomic E-state index is 0.193. The van der Waals surface area contributed by atoms with Crippen LogP contribution in [0.4, 0.5) is 4.39 Å². The van der Waals surface area contributed by atoms with Gasteiger partial charge in [0.15, 0.2) is 0 Å². The first kappa shape index (κ1) is 15.7. The fourth-order valence-corrected chi connectivity index (χ4v) is 3.26.